The van der Waals surface area contributed by atoms with E-state index >= 15 is 0 Å². The number of carbonyl (C=O) groups excluding carboxylic acids is 1. The lowest BCUT2D eigenvalue weighted by molar-refractivity contribution is -0.133. The van der Waals surface area contributed by atoms with E-state index in [-0.39, 0.29) is 12.0 Å². The number of hydrogen-bond acceptors (Lipinski definition) is 4. The third-order valence-corrected chi connectivity index (χ3v) is 4.71. The van der Waals surface area contributed by atoms with E-state index in [1.54, 1.807) is 0 Å². The summed E-state index contributed by atoms with van der Waals surface area (Å²) in [6.45, 7) is 3.78. The van der Waals surface area contributed by atoms with Crippen molar-refractivity contribution in [3.8, 4) is 11.4 Å². The molecule has 1 aromatic heterocycles. The standard InChI is InChI=1S/C17H22N4O2S/c1-12-3-2-4-13(11-12)16-18-19-17(24)21(16)10-7-15(23)20-8-5-14(22)6-9-20/h2-4,11,14,22H,5-10H2,1H3,(H,19,24). The number of nitrogens with one attached hydrogen (secondary N) is 1. The third kappa shape index (κ3) is 3.73. The molecule has 1 amide bonds. The predicted octanol–water partition coefficient (Wildman–Crippen LogP) is 2.29. The molecule has 2 aromatic rings. The molecule has 0 unspecified atom stereocenters. The minimum atomic E-state index is -0.274. The van der Waals surface area contributed by atoms with Gasteiger partial charge in [-0.2, -0.15) is 5.10 Å². The molecule has 0 aliphatic carbocycles. The van der Waals surface area contributed by atoms with Gasteiger partial charge in [0, 0.05) is 31.6 Å². The monoisotopic (exact) mass is 346 g/mol. The van der Waals surface area contributed by atoms with Crippen LogP contribution >= 0.6 is 12.2 Å². The van der Waals surface area contributed by atoms with Crippen molar-refractivity contribution < 1.29 is 9.90 Å². The Labute approximate surface area is 146 Å². The zero-order chi connectivity index (χ0) is 17.1. The number of benzene rings is 1. The van der Waals surface area contributed by atoms with Gasteiger partial charge in [0.15, 0.2) is 10.6 Å². The van der Waals surface area contributed by atoms with Crippen LogP contribution in [0.5, 0.6) is 0 Å². The Hall–Kier alpha value is -1.99. The Morgan fingerprint density at radius 3 is 2.88 bits per heavy atom. The van der Waals surface area contributed by atoms with E-state index in [1.807, 2.05) is 34.6 Å². The summed E-state index contributed by atoms with van der Waals surface area (Å²) in [5, 5.41) is 16.7. The van der Waals surface area contributed by atoms with Crippen LogP contribution in [0.3, 0.4) is 0 Å². The number of nitrogens with zero attached hydrogens (tertiary/aromatic N) is 3. The van der Waals surface area contributed by atoms with Gasteiger partial charge in [-0.1, -0.05) is 23.8 Å². The first-order valence-corrected chi connectivity index (χ1v) is 8.63. The van der Waals surface area contributed by atoms with Crippen molar-refractivity contribution in [3.05, 3.63) is 34.6 Å². The smallest absolute Gasteiger partial charge is 0.224 e. The first-order chi connectivity index (χ1) is 11.5. The summed E-state index contributed by atoms with van der Waals surface area (Å²) < 4.78 is 2.40. The number of aliphatic hydroxyl groups is 1. The normalized spacial score (nSPS) is 15.7. The van der Waals surface area contributed by atoms with Gasteiger partial charge in [0.2, 0.25) is 5.91 Å². The summed E-state index contributed by atoms with van der Waals surface area (Å²) in [7, 11) is 0. The molecular weight excluding hydrogens is 324 g/mol. The topological polar surface area (TPSA) is 74.2 Å². The van der Waals surface area contributed by atoms with Crippen LogP contribution in [0.2, 0.25) is 0 Å². The van der Waals surface area contributed by atoms with Crippen LogP contribution in [0.1, 0.15) is 24.8 Å². The molecule has 2 heterocycles. The molecule has 2 N–H and O–H groups in total. The van der Waals surface area contributed by atoms with Crippen molar-refractivity contribution in [3.63, 3.8) is 0 Å². The van der Waals surface area contributed by atoms with Crippen molar-refractivity contribution in [2.24, 2.45) is 0 Å². The van der Waals surface area contributed by atoms with Crippen LogP contribution in [0.25, 0.3) is 11.4 Å². The van der Waals surface area contributed by atoms with Crippen LogP contribution in [0, 0.1) is 11.7 Å². The minimum Gasteiger partial charge on any atom is -0.393 e. The molecule has 0 saturated carbocycles. The fourth-order valence-electron chi connectivity index (χ4n) is 3.01. The van der Waals surface area contributed by atoms with Crippen LogP contribution in [-0.4, -0.2) is 49.9 Å². The molecule has 24 heavy (non-hydrogen) atoms. The second-order valence-electron chi connectivity index (χ2n) is 6.24. The molecule has 1 aromatic carbocycles. The summed E-state index contributed by atoms with van der Waals surface area (Å²) in [4.78, 5) is 14.2. The van der Waals surface area contributed by atoms with E-state index in [0.29, 0.717) is 43.7 Å². The van der Waals surface area contributed by atoms with E-state index in [2.05, 4.69) is 16.3 Å². The quantitative estimate of drug-likeness (QED) is 0.833. The molecule has 0 spiro atoms. The number of aliphatic hydroxyl groups excluding tert-OH is 1. The van der Waals surface area contributed by atoms with Crippen molar-refractivity contribution >= 4 is 18.1 Å². The Bertz CT molecular complexity index is 775. The lowest BCUT2D eigenvalue weighted by Gasteiger charge is -2.29. The second kappa shape index (κ2) is 7.27. The van der Waals surface area contributed by atoms with Crippen molar-refractivity contribution in [1.29, 1.82) is 0 Å². The number of rotatable bonds is 4. The number of piperidine rings is 1. The molecule has 1 saturated heterocycles. The van der Waals surface area contributed by atoms with E-state index in [4.69, 9.17) is 12.2 Å². The Kier molecular flexibility index (Phi) is 5.11. The van der Waals surface area contributed by atoms with Crippen molar-refractivity contribution in [2.45, 2.75) is 38.8 Å². The first kappa shape index (κ1) is 16.9. The molecule has 0 atom stereocenters. The maximum Gasteiger partial charge on any atom is 0.224 e. The number of aromatic nitrogens is 3. The summed E-state index contributed by atoms with van der Waals surface area (Å²) in [6.07, 6.45) is 1.42. The van der Waals surface area contributed by atoms with Gasteiger partial charge >= 0.3 is 0 Å². The van der Waals surface area contributed by atoms with Gasteiger partial charge < -0.3 is 10.0 Å². The van der Waals surface area contributed by atoms with Crippen LogP contribution in [0.15, 0.2) is 24.3 Å². The van der Waals surface area contributed by atoms with Crippen LogP contribution in [-0.2, 0) is 11.3 Å². The Morgan fingerprint density at radius 2 is 2.17 bits per heavy atom. The molecule has 3 rings (SSSR count). The third-order valence-electron chi connectivity index (χ3n) is 4.40. The van der Waals surface area contributed by atoms with E-state index in [9.17, 15) is 9.90 Å². The lowest BCUT2D eigenvalue weighted by Crippen LogP contribution is -2.40. The largest absolute Gasteiger partial charge is 0.393 e. The molecule has 0 radical (unpaired) electrons. The zero-order valence-corrected chi connectivity index (χ0v) is 14.6. The fraction of sp³-hybridized carbons (Fsp3) is 0.471. The molecule has 0 bridgehead atoms. The Balaban J connectivity index is 1.71. The van der Waals surface area contributed by atoms with Gasteiger partial charge in [0.1, 0.15) is 0 Å². The first-order valence-electron chi connectivity index (χ1n) is 8.22. The summed E-state index contributed by atoms with van der Waals surface area (Å²) >= 11 is 5.32. The van der Waals surface area contributed by atoms with Gasteiger partial charge in [-0.15, -0.1) is 0 Å². The summed E-state index contributed by atoms with van der Waals surface area (Å²) in [6, 6.07) is 8.05. The van der Waals surface area contributed by atoms with Gasteiger partial charge in [0.25, 0.3) is 0 Å². The second-order valence-corrected chi connectivity index (χ2v) is 6.62. The van der Waals surface area contributed by atoms with Crippen molar-refractivity contribution in [1.82, 2.24) is 19.7 Å². The number of carbonyl (C=O) groups is 1. The highest BCUT2D eigenvalue weighted by Crippen LogP contribution is 2.19. The summed E-state index contributed by atoms with van der Waals surface area (Å²) in [5.74, 6) is 0.853. The van der Waals surface area contributed by atoms with Crippen LogP contribution in [0.4, 0.5) is 0 Å². The van der Waals surface area contributed by atoms with E-state index < -0.39 is 0 Å². The zero-order valence-electron chi connectivity index (χ0n) is 13.7. The van der Waals surface area contributed by atoms with Gasteiger partial charge in [0.05, 0.1) is 6.10 Å². The SMILES string of the molecule is Cc1cccc(-c2n[nH]c(=S)n2CCC(=O)N2CCC(O)CC2)c1. The molecule has 6 nitrogen and oxygen atoms in total. The number of amides is 1. The lowest BCUT2D eigenvalue weighted by atomic mass is 10.1. The minimum absolute atomic E-state index is 0.0974. The number of hydrogen-bond donors (Lipinski definition) is 2. The summed E-state index contributed by atoms with van der Waals surface area (Å²) in [5.41, 5.74) is 2.13. The highest BCUT2D eigenvalue weighted by Gasteiger charge is 2.21. The number of H-pyrrole nitrogens is 1. The van der Waals surface area contributed by atoms with Gasteiger partial charge in [-0.25, -0.2) is 0 Å². The maximum absolute atomic E-state index is 12.4. The number of likely N-dealkylation sites (tertiary alicyclic amines) is 1. The maximum atomic E-state index is 12.4. The van der Waals surface area contributed by atoms with E-state index in [0.717, 1.165) is 17.0 Å². The van der Waals surface area contributed by atoms with Crippen LogP contribution < -0.4 is 0 Å². The van der Waals surface area contributed by atoms with Crippen molar-refractivity contribution in [2.75, 3.05) is 13.1 Å². The highest BCUT2D eigenvalue weighted by atomic mass is 32.1. The molecular formula is C17H22N4O2S. The van der Waals surface area contributed by atoms with E-state index in [1.165, 1.54) is 0 Å². The molecule has 7 heteroatoms. The van der Waals surface area contributed by atoms with Gasteiger partial charge in [-0.05, 0) is 38.0 Å². The number of aryl methyl sites for hydroxylation is 1. The molecule has 1 aliphatic heterocycles. The predicted molar refractivity (Wildman–Crippen MR) is 94.0 cm³/mol. The number of aromatic amines is 1. The average Bonchev–Trinajstić information content (AvgIpc) is 2.94. The molecule has 1 aliphatic rings. The Morgan fingerprint density at radius 1 is 1.42 bits per heavy atom. The molecule has 128 valence electrons. The van der Waals surface area contributed by atoms with Gasteiger partial charge in [-0.3, -0.25) is 14.5 Å². The average molecular weight is 346 g/mol. The molecule has 1 fully saturated rings. The fourth-order valence-corrected chi connectivity index (χ4v) is 3.23. The highest BCUT2D eigenvalue weighted by molar-refractivity contribution is 7.71.